The second-order valence-electron chi connectivity index (χ2n) is 7.06. The third-order valence-corrected chi connectivity index (χ3v) is 5.67. The molecule has 2 aliphatic rings. The van der Waals surface area contributed by atoms with Gasteiger partial charge in [-0.25, -0.2) is 0 Å². The van der Waals surface area contributed by atoms with E-state index in [1.807, 2.05) is 48.5 Å². The molecule has 2 aliphatic carbocycles. The number of nitrogens with zero attached hydrogens (tertiary/aromatic N) is 1. The molecule has 5 rings (SSSR count). The number of benzene rings is 2. The van der Waals surface area contributed by atoms with Crippen LogP contribution in [0.3, 0.4) is 0 Å². The molecule has 0 radical (unpaired) electrons. The average Bonchev–Trinajstić information content (AvgIpc) is 3.35. The lowest BCUT2D eigenvalue weighted by Gasteiger charge is -2.12. The van der Waals surface area contributed by atoms with Gasteiger partial charge in [-0.1, -0.05) is 42.0 Å². The van der Waals surface area contributed by atoms with Gasteiger partial charge in [-0.05, 0) is 36.2 Å². The molecular formula is C22H18ClNO3. The first-order valence-electron chi connectivity index (χ1n) is 8.94. The van der Waals surface area contributed by atoms with Crippen LogP contribution >= 0.6 is 11.6 Å². The lowest BCUT2D eigenvalue weighted by molar-refractivity contribution is 0.306. The Morgan fingerprint density at radius 3 is 2.30 bits per heavy atom. The number of hydrogen-bond acceptors (Lipinski definition) is 3. The largest absolute Gasteiger partial charge is 0.494 e. The van der Waals surface area contributed by atoms with E-state index in [1.165, 1.54) is 4.57 Å². The number of fused-ring (bicyclic) bond motifs is 5. The molecule has 5 heteroatoms. The topological polar surface area (TPSA) is 54.6 Å². The minimum atomic E-state index is 0.120. The van der Waals surface area contributed by atoms with Crippen molar-refractivity contribution in [2.24, 2.45) is 0 Å². The van der Waals surface area contributed by atoms with E-state index in [-0.39, 0.29) is 23.6 Å². The van der Waals surface area contributed by atoms with Crippen LogP contribution in [0.25, 0.3) is 5.69 Å². The molecule has 0 saturated carbocycles. The van der Waals surface area contributed by atoms with E-state index in [1.54, 1.807) is 0 Å². The minimum Gasteiger partial charge on any atom is -0.494 e. The molecule has 0 aliphatic heterocycles. The fourth-order valence-corrected chi connectivity index (χ4v) is 4.27. The summed E-state index contributed by atoms with van der Waals surface area (Å²) in [6, 6.07) is 14.9. The van der Waals surface area contributed by atoms with Crippen molar-refractivity contribution in [2.75, 3.05) is 0 Å². The Labute approximate surface area is 161 Å². The fraction of sp³-hybridized carbons (Fsp3) is 0.182. The first kappa shape index (κ1) is 16.3. The second-order valence-corrected chi connectivity index (χ2v) is 7.49. The Hall–Kier alpha value is -2.85. The highest BCUT2D eigenvalue weighted by molar-refractivity contribution is 6.30. The highest BCUT2D eigenvalue weighted by Gasteiger charge is 2.41. The predicted octanol–water partition coefficient (Wildman–Crippen LogP) is 5.26. The highest BCUT2D eigenvalue weighted by Crippen LogP contribution is 2.57. The van der Waals surface area contributed by atoms with Crippen LogP contribution in [0.15, 0.2) is 60.7 Å². The van der Waals surface area contributed by atoms with Crippen molar-refractivity contribution in [3.63, 3.8) is 0 Å². The van der Waals surface area contributed by atoms with Crippen LogP contribution in [-0.4, -0.2) is 14.8 Å². The van der Waals surface area contributed by atoms with Crippen molar-refractivity contribution in [1.82, 2.24) is 4.57 Å². The summed E-state index contributed by atoms with van der Waals surface area (Å²) in [5.41, 5.74) is 3.39. The summed E-state index contributed by atoms with van der Waals surface area (Å²) in [4.78, 5) is 0. The van der Waals surface area contributed by atoms with Gasteiger partial charge in [-0.2, -0.15) is 0 Å². The molecule has 27 heavy (non-hydrogen) atoms. The maximum atomic E-state index is 10.7. The van der Waals surface area contributed by atoms with Crippen molar-refractivity contribution < 1.29 is 14.9 Å². The number of aromatic hydroxyl groups is 2. The fourth-order valence-electron chi connectivity index (χ4n) is 4.14. The summed E-state index contributed by atoms with van der Waals surface area (Å²) in [5.74, 6) is 1.29. The molecule has 0 spiro atoms. The molecule has 0 amide bonds. The smallest absolute Gasteiger partial charge is 0.202 e. The van der Waals surface area contributed by atoms with Gasteiger partial charge < -0.3 is 14.9 Å². The highest BCUT2D eigenvalue weighted by atomic mass is 35.5. The van der Waals surface area contributed by atoms with Crippen molar-refractivity contribution in [1.29, 1.82) is 0 Å². The van der Waals surface area contributed by atoms with Gasteiger partial charge in [0.2, 0.25) is 11.8 Å². The zero-order valence-electron chi connectivity index (χ0n) is 14.5. The summed E-state index contributed by atoms with van der Waals surface area (Å²) >= 11 is 5.91. The summed E-state index contributed by atoms with van der Waals surface area (Å²) in [5, 5.41) is 22.2. The van der Waals surface area contributed by atoms with Crippen LogP contribution in [0, 0.1) is 0 Å². The van der Waals surface area contributed by atoms with Gasteiger partial charge in [0.15, 0.2) is 0 Å². The molecule has 2 unspecified atom stereocenters. The third-order valence-electron chi connectivity index (χ3n) is 5.42. The van der Waals surface area contributed by atoms with Crippen LogP contribution in [0.2, 0.25) is 5.02 Å². The molecule has 3 aromatic rings. The molecule has 2 atom stereocenters. The van der Waals surface area contributed by atoms with Crippen molar-refractivity contribution in [2.45, 2.75) is 24.9 Å². The molecule has 2 aromatic carbocycles. The Balaban J connectivity index is 1.44. The van der Waals surface area contributed by atoms with Crippen LogP contribution < -0.4 is 4.74 Å². The van der Waals surface area contributed by atoms with Crippen LogP contribution in [-0.2, 0) is 6.61 Å². The molecule has 1 aromatic heterocycles. The first-order valence-corrected chi connectivity index (χ1v) is 9.32. The van der Waals surface area contributed by atoms with Crippen molar-refractivity contribution in [3.05, 3.63) is 82.4 Å². The van der Waals surface area contributed by atoms with Gasteiger partial charge in [-0.3, -0.25) is 4.57 Å². The van der Waals surface area contributed by atoms with Crippen LogP contribution in [0.1, 0.15) is 34.9 Å². The molecule has 0 saturated heterocycles. The average molecular weight is 380 g/mol. The van der Waals surface area contributed by atoms with Gasteiger partial charge in [0.1, 0.15) is 12.4 Å². The summed E-state index contributed by atoms with van der Waals surface area (Å²) in [7, 11) is 0. The van der Waals surface area contributed by atoms with E-state index in [0.717, 1.165) is 23.1 Å². The van der Waals surface area contributed by atoms with Crippen molar-refractivity contribution in [3.8, 4) is 23.2 Å². The minimum absolute atomic E-state index is 0.120. The maximum Gasteiger partial charge on any atom is 0.202 e. The summed E-state index contributed by atoms with van der Waals surface area (Å²) in [6.07, 6.45) is 5.17. The summed E-state index contributed by atoms with van der Waals surface area (Å²) < 4.78 is 7.38. The Morgan fingerprint density at radius 2 is 1.63 bits per heavy atom. The summed E-state index contributed by atoms with van der Waals surface area (Å²) in [6.45, 7) is 0.412. The van der Waals surface area contributed by atoms with E-state index in [2.05, 4.69) is 12.2 Å². The van der Waals surface area contributed by atoms with Gasteiger partial charge in [-0.15, -0.1) is 0 Å². The number of hydrogen-bond donors (Lipinski definition) is 2. The second kappa shape index (κ2) is 6.10. The molecule has 2 N–H and O–H groups in total. The maximum absolute atomic E-state index is 10.7. The van der Waals surface area contributed by atoms with Gasteiger partial charge in [0, 0.05) is 34.1 Å². The standard InChI is InChI=1S/C22H18ClNO3/c23-16-8-4-13(5-9-16)12-27-18-3-1-2-17(11-18)24-21(25)19-14-6-7-15(10-14)20(19)22(24)26/h1-9,11,14-15,25-26H,10,12H2. The van der Waals surface area contributed by atoms with Crippen LogP contribution in [0.5, 0.6) is 17.5 Å². The monoisotopic (exact) mass is 379 g/mol. The molecule has 0 fully saturated rings. The Morgan fingerprint density at radius 1 is 0.963 bits per heavy atom. The number of ether oxygens (including phenoxy) is 1. The Kier molecular flexibility index (Phi) is 3.69. The number of halogens is 1. The quantitative estimate of drug-likeness (QED) is 0.608. The predicted molar refractivity (Wildman–Crippen MR) is 104 cm³/mol. The lowest BCUT2D eigenvalue weighted by atomic mass is 10.0. The van der Waals surface area contributed by atoms with Gasteiger partial charge >= 0.3 is 0 Å². The zero-order valence-corrected chi connectivity index (χ0v) is 15.2. The zero-order chi connectivity index (χ0) is 18.5. The van der Waals surface area contributed by atoms with Gasteiger partial charge in [0.05, 0.1) is 5.69 Å². The van der Waals surface area contributed by atoms with Gasteiger partial charge in [0.25, 0.3) is 0 Å². The SMILES string of the molecule is Oc1c2c(c(O)n1-c1cccc(OCc3ccc(Cl)cc3)c1)C1C=CC2C1. The molecule has 2 bridgehead atoms. The molecule has 136 valence electrons. The number of aromatic nitrogens is 1. The number of allylic oxidation sites excluding steroid dienone is 2. The normalized spacial score (nSPS) is 19.4. The van der Waals surface area contributed by atoms with E-state index in [4.69, 9.17) is 16.3 Å². The van der Waals surface area contributed by atoms with E-state index in [0.29, 0.717) is 23.1 Å². The van der Waals surface area contributed by atoms with E-state index < -0.39 is 0 Å². The first-order chi connectivity index (χ1) is 13.1. The number of rotatable bonds is 4. The molecule has 4 nitrogen and oxygen atoms in total. The van der Waals surface area contributed by atoms with E-state index in [9.17, 15) is 10.2 Å². The van der Waals surface area contributed by atoms with Crippen molar-refractivity contribution >= 4 is 11.6 Å². The van der Waals surface area contributed by atoms with E-state index >= 15 is 0 Å². The molecule has 1 heterocycles. The lowest BCUT2D eigenvalue weighted by Crippen LogP contribution is -1.98. The van der Waals surface area contributed by atoms with Crippen LogP contribution in [0.4, 0.5) is 0 Å². The third kappa shape index (κ3) is 2.60. The molecular weight excluding hydrogens is 362 g/mol. The Bertz CT molecular complexity index is 1020.